The summed E-state index contributed by atoms with van der Waals surface area (Å²) in [6, 6.07) is 11.1. The van der Waals surface area contributed by atoms with Crippen molar-refractivity contribution < 1.29 is 19.0 Å². The fourth-order valence-electron chi connectivity index (χ4n) is 2.02. The first-order valence-electron chi connectivity index (χ1n) is 7.22. The molecule has 1 unspecified atom stereocenters. The number of rotatable bonds is 6. The number of hydrogen-bond acceptors (Lipinski definition) is 3. The summed E-state index contributed by atoms with van der Waals surface area (Å²) in [5.41, 5.74) is 1.18. The molecule has 0 heterocycles. The molecule has 1 atom stereocenters. The fraction of sp³-hybridized carbons (Fsp3) is 0.167. The van der Waals surface area contributed by atoms with Gasteiger partial charge in [0, 0.05) is 17.6 Å². The standard InChI is InChI=1S/C18H17ClFNO3/c1-24-17-8-2-12(10-15(17)20)3-9-18(23)21-11-16(22)13-4-6-14(19)7-5-13/h2-10,16,22H,11H2,1H3,(H,21,23)/b9-3+. The van der Waals surface area contributed by atoms with E-state index in [1.54, 1.807) is 30.3 Å². The number of carbonyl (C=O) groups is 1. The highest BCUT2D eigenvalue weighted by Gasteiger charge is 2.08. The Kier molecular flexibility index (Phi) is 6.35. The maximum atomic E-state index is 13.5. The summed E-state index contributed by atoms with van der Waals surface area (Å²) >= 11 is 5.78. The molecule has 0 fully saturated rings. The molecule has 0 aliphatic heterocycles. The molecule has 0 aromatic heterocycles. The highest BCUT2D eigenvalue weighted by molar-refractivity contribution is 6.30. The van der Waals surface area contributed by atoms with Crippen molar-refractivity contribution >= 4 is 23.6 Å². The van der Waals surface area contributed by atoms with E-state index < -0.39 is 11.9 Å². The van der Waals surface area contributed by atoms with Gasteiger partial charge in [-0.15, -0.1) is 0 Å². The van der Waals surface area contributed by atoms with Crippen molar-refractivity contribution in [2.75, 3.05) is 13.7 Å². The summed E-state index contributed by atoms with van der Waals surface area (Å²) in [4.78, 5) is 11.8. The summed E-state index contributed by atoms with van der Waals surface area (Å²) < 4.78 is 18.4. The van der Waals surface area contributed by atoms with Gasteiger partial charge >= 0.3 is 0 Å². The quantitative estimate of drug-likeness (QED) is 0.786. The maximum absolute atomic E-state index is 13.5. The first-order chi connectivity index (χ1) is 11.5. The third-order valence-corrected chi connectivity index (χ3v) is 3.58. The lowest BCUT2D eigenvalue weighted by Gasteiger charge is -2.11. The SMILES string of the molecule is COc1ccc(/C=C/C(=O)NCC(O)c2ccc(Cl)cc2)cc1F. The van der Waals surface area contributed by atoms with Crippen molar-refractivity contribution in [3.8, 4) is 5.75 Å². The summed E-state index contributed by atoms with van der Waals surface area (Å²) in [6.07, 6.45) is 1.92. The monoisotopic (exact) mass is 349 g/mol. The first-order valence-corrected chi connectivity index (χ1v) is 7.60. The minimum atomic E-state index is -0.835. The van der Waals surface area contributed by atoms with E-state index in [0.29, 0.717) is 16.1 Å². The van der Waals surface area contributed by atoms with Crippen LogP contribution in [0.15, 0.2) is 48.5 Å². The van der Waals surface area contributed by atoms with E-state index in [1.807, 2.05) is 0 Å². The third kappa shape index (κ3) is 5.08. The minimum absolute atomic E-state index is 0.0573. The second-order valence-corrected chi connectivity index (χ2v) is 5.48. The summed E-state index contributed by atoms with van der Waals surface area (Å²) in [6.45, 7) is 0.0573. The van der Waals surface area contributed by atoms with Crippen LogP contribution in [-0.2, 0) is 4.79 Å². The van der Waals surface area contributed by atoms with Gasteiger partial charge in [0.25, 0.3) is 0 Å². The van der Waals surface area contributed by atoms with Crippen LogP contribution in [0, 0.1) is 5.82 Å². The number of benzene rings is 2. The second-order valence-electron chi connectivity index (χ2n) is 5.04. The van der Waals surface area contributed by atoms with Crippen molar-refractivity contribution in [1.82, 2.24) is 5.32 Å². The Bertz CT molecular complexity index is 732. The summed E-state index contributed by atoms with van der Waals surface area (Å²) in [7, 11) is 1.38. The van der Waals surface area contributed by atoms with Gasteiger partial charge in [-0.2, -0.15) is 0 Å². The van der Waals surface area contributed by atoms with Crippen LogP contribution < -0.4 is 10.1 Å². The molecule has 6 heteroatoms. The summed E-state index contributed by atoms with van der Waals surface area (Å²) in [5.74, 6) is -0.750. The number of halogens is 2. The molecular weight excluding hydrogens is 333 g/mol. The highest BCUT2D eigenvalue weighted by Crippen LogP contribution is 2.18. The third-order valence-electron chi connectivity index (χ3n) is 3.33. The van der Waals surface area contributed by atoms with E-state index in [4.69, 9.17) is 16.3 Å². The molecule has 2 aromatic carbocycles. The van der Waals surface area contributed by atoms with E-state index >= 15 is 0 Å². The van der Waals surface area contributed by atoms with Crippen molar-refractivity contribution in [2.45, 2.75) is 6.10 Å². The minimum Gasteiger partial charge on any atom is -0.494 e. The van der Waals surface area contributed by atoms with Crippen LogP contribution in [-0.4, -0.2) is 24.7 Å². The molecule has 2 N–H and O–H groups in total. The van der Waals surface area contributed by atoms with E-state index in [2.05, 4.69) is 5.32 Å². The second kappa shape index (κ2) is 8.47. The lowest BCUT2D eigenvalue weighted by molar-refractivity contribution is -0.116. The molecular formula is C18H17ClFNO3. The Hall–Kier alpha value is -2.37. The lowest BCUT2D eigenvalue weighted by Crippen LogP contribution is -2.26. The number of nitrogens with one attached hydrogen (secondary N) is 1. The van der Waals surface area contributed by atoms with E-state index in [9.17, 15) is 14.3 Å². The molecule has 126 valence electrons. The molecule has 24 heavy (non-hydrogen) atoms. The normalized spacial score (nSPS) is 12.2. The molecule has 1 amide bonds. The number of methoxy groups -OCH3 is 1. The molecule has 0 saturated heterocycles. The first kappa shape index (κ1) is 18.0. The van der Waals surface area contributed by atoms with E-state index in [-0.39, 0.29) is 18.2 Å². The Morgan fingerprint density at radius 3 is 2.67 bits per heavy atom. The Morgan fingerprint density at radius 2 is 2.04 bits per heavy atom. The average molecular weight is 350 g/mol. The van der Waals surface area contributed by atoms with Gasteiger partial charge in [0.1, 0.15) is 0 Å². The Balaban J connectivity index is 1.88. The molecule has 0 aliphatic carbocycles. The number of aliphatic hydroxyl groups is 1. The molecule has 0 saturated carbocycles. The Morgan fingerprint density at radius 1 is 1.33 bits per heavy atom. The topological polar surface area (TPSA) is 58.6 Å². The van der Waals surface area contributed by atoms with Gasteiger partial charge in [0.2, 0.25) is 5.91 Å². The van der Waals surface area contributed by atoms with Crippen LogP contribution in [0.5, 0.6) is 5.75 Å². The number of aliphatic hydroxyl groups excluding tert-OH is 1. The number of carbonyl (C=O) groups excluding carboxylic acids is 1. The highest BCUT2D eigenvalue weighted by atomic mass is 35.5. The van der Waals surface area contributed by atoms with Crippen LogP contribution in [0.1, 0.15) is 17.2 Å². The molecule has 2 aromatic rings. The van der Waals surface area contributed by atoms with Gasteiger partial charge in [-0.1, -0.05) is 29.8 Å². The van der Waals surface area contributed by atoms with Gasteiger partial charge in [0.05, 0.1) is 13.2 Å². The zero-order valence-electron chi connectivity index (χ0n) is 13.0. The van der Waals surface area contributed by atoms with Gasteiger partial charge in [-0.3, -0.25) is 4.79 Å². The zero-order valence-corrected chi connectivity index (χ0v) is 13.8. The van der Waals surface area contributed by atoms with Crippen LogP contribution in [0.3, 0.4) is 0 Å². The van der Waals surface area contributed by atoms with E-state index in [0.717, 1.165) is 0 Å². The largest absolute Gasteiger partial charge is 0.494 e. The molecule has 0 aliphatic rings. The van der Waals surface area contributed by atoms with Gasteiger partial charge < -0.3 is 15.2 Å². The van der Waals surface area contributed by atoms with E-state index in [1.165, 1.54) is 31.4 Å². The predicted molar refractivity (Wildman–Crippen MR) is 91.4 cm³/mol. The van der Waals surface area contributed by atoms with Gasteiger partial charge in [0.15, 0.2) is 11.6 Å². The number of amides is 1. The number of ether oxygens (including phenoxy) is 1. The average Bonchev–Trinajstić information content (AvgIpc) is 2.58. The van der Waals surface area contributed by atoms with Crippen LogP contribution in [0.4, 0.5) is 4.39 Å². The summed E-state index contributed by atoms with van der Waals surface area (Å²) in [5, 5.41) is 13.1. The van der Waals surface area contributed by atoms with Crippen LogP contribution in [0.2, 0.25) is 5.02 Å². The van der Waals surface area contributed by atoms with Gasteiger partial charge in [-0.05, 0) is 41.5 Å². The Labute approximate surface area is 144 Å². The molecule has 2 rings (SSSR count). The van der Waals surface area contributed by atoms with Crippen molar-refractivity contribution in [3.63, 3.8) is 0 Å². The molecule has 0 bridgehead atoms. The predicted octanol–water partition coefficient (Wildman–Crippen LogP) is 3.35. The van der Waals surface area contributed by atoms with Crippen molar-refractivity contribution in [2.24, 2.45) is 0 Å². The molecule has 0 radical (unpaired) electrons. The van der Waals surface area contributed by atoms with Crippen molar-refractivity contribution in [1.29, 1.82) is 0 Å². The lowest BCUT2D eigenvalue weighted by atomic mass is 10.1. The smallest absolute Gasteiger partial charge is 0.244 e. The zero-order chi connectivity index (χ0) is 17.5. The van der Waals surface area contributed by atoms with Crippen LogP contribution >= 0.6 is 11.6 Å². The maximum Gasteiger partial charge on any atom is 0.244 e. The van der Waals surface area contributed by atoms with Crippen molar-refractivity contribution in [3.05, 3.63) is 70.5 Å². The molecule has 0 spiro atoms. The fourth-order valence-corrected chi connectivity index (χ4v) is 2.14. The number of hydrogen-bond donors (Lipinski definition) is 2. The molecule has 4 nitrogen and oxygen atoms in total. The van der Waals surface area contributed by atoms with Gasteiger partial charge in [-0.25, -0.2) is 4.39 Å². The van der Waals surface area contributed by atoms with Crippen LogP contribution in [0.25, 0.3) is 6.08 Å².